The molecule has 0 aromatic heterocycles. The topological polar surface area (TPSA) is 41.1 Å². The SMILES string of the molecule is CC1NCCCC1NC(=O)CSc1ccccc1.Cl. The highest BCUT2D eigenvalue weighted by molar-refractivity contribution is 8.00. The zero-order valence-electron chi connectivity index (χ0n) is 11.1. The van der Waals surface area contributed by atoms with E-state index in [0.717, 1.165) is 24.3 Å². The van der Waals surface area contributed by atoms with Crippen molar-refractivity contribution in [2.45, 2.75) is 36.7 Å². The van der Waals surface area contributed by atoms with Crippen molar-refractivity contribution in [2.24, 2.45) is 0 Å². The maximum absolute atomic E-state index is 11.9. The summed E-state index contributed by atoms with van der Waals surface area (Å²) in [5, 5.41) is 6.51. The fourth-order valence-electron chi connectivity index (χ4n) is 2.16. The van der Waals surface area contributed by atoms with Crippen molar-refractivity contribution in [3.8, 4) is 0 Å². The van der Waals surface area contributed by atoms with Crippen LogP contribution in [0.5, 0.6) is 0 Å². The van der Waals surface area contributed by atoms with Gasteiger partial charge in [-0.1, -0.05) is 18.2 Å². The van der Waals surface area contributed by atoms with Crippen LogP contribution in [0.25, 0.3) is 0 Å². The minimum Gasteiger partial charge on any atom is -0.351 e. The molecule has 1 saturated heterocycles. The lowest BCUT2D eigenvalue weighted by Gasteiger charge is -2.30. The Morgan fingerprint density at radius 2 is 2.16 bits per heavy atom. The molecule has 1 aliphatic rings. The molecule has 2 rings (SSSR count). The molecule has 1 fully saturated rings. The molecule has 19 heavy (non-hydrogen) atoms. The van der Waals surface area contributed by atoms with Crippen LogP contribution >= 0.6 is 24.2 Å². The third kappa shape index (κ3) is 5.43. The smallest absolute Gasteiger partial charge is 0.230 e. The van der Waals surface area contributed by atoms with E-state index in [2.05, 4.69) is 17.6 Å². The average molecular weight is 301 g/mol. The van der Waals surface area contributed by atoms with Crippen molar-refractivity contribution in [3.05, 3.63) is 30.3 Å². The van der Waals surface area contributed by atoms with Gasteiger partial charge in [0.2, 0.25) is 5.91 Å². The highest BCUT2D eigenvalue weighted by atomic mass is 35.5. The first-order valence-corrected chi connectivity index (χ1v) is 7.45. The summed E-state index contributed by atoms with van der Waals surface area (Å²) in [6.07, 6.45) is 2.22. The first-order valence-electron chi connectivity index (χ1n) is 6.46. The number of hydrogen-bond acceptors (Lipinski definition) is 3. The molecular formula is C14H21ClN2OS. The number of halogens is 1. The summed E-state index contributed by atoms with van der Waals surface area (Å²) in [5.74, 6) is 0.622. The Bertz CT molecular complexity index is 388. The van der Waals surface area contributed by atoms with E-state index in [1.807, 2.05) is 30.3 Å². The molecule has 0 radical (unpaired) electrons. The second kappa shape index (κ2) is 8.46. The summed E-state index contributed by atoms with van der Waals surface area (Å²) in [7, 11) is 0. The van der Waals surface area contributed by atoms with Gasteiger partial charge in [0.15, 0.2) is 0 Å². The predicted molar refractivity (Wildman–Crippen MR) is 83.0 cm³/mol. The maximum atomic E-state index is 11.9. The molecular weight excluding hydrogens is 280 g/mol. The molecule has 2 unspecified atom stereocenters. The Morgan fingerprint density at radius 3 is 2.84 bits per heavy atom. The molecule has 2 N–H and O–H groups in total. The molecule has 0 aliphatic carbocycles. The van der Waals surface area contributed by atoms with Gasteiger partial charge in [-0.05, 0) is 38.4 Å². The van der Waals surface area contributed by atoms with Crippen LogP contribution in [0, 0.1) is 0 Å². The van der Waals surface area contributed by atoms with E-state index in [1.54, 1.807) is 11.8 Å². The zero-order chi connectivity index (χ0) is 12.8. The van der Waals surface area contributed by atoms with Gasteiger partial charge >= 0.3 is 0 Å². The van der Waals surface area contributed by atoms with Gasteiger partial charge in [-0.3, -0.25) is 4.79 Å². The average Bonchev–Trinajstić information content (AvgIpc) is 2.40. The lowest BCUT2D eigenvalue weighted by Crippen LogP contribution is -2.52. The number of nitrogens with one attached hydrogen (secondary N) is 2. The van der Waals surface area contributed by atoms with Crippen LogP contribution in [0.1, 0.15) is 19.8 Å². The first kappa shape index (κ1) is 16.3. The van der Waals surface area contributed by atoms with Gasteiger partial charge in [0.05, 0.1) is 5.75 Å². The summed E-state index contributed by atoms with van der Waals surface area (Å²) in [4.78, 5) is 13.0. The molecule has 1 amide bonds. The van der Waals surface area contributed by atoms with E-state index < -0.39 is 0 Å². The minimum absolute atomic E-state index is 0. The number of hydrogen-bond donors (Lipinski definition) is 2. The van der Waals surface area contributed by atoms with Gasteiger partial charge in [0, 0.05) is 17.0 Å². The lowest BCUT2D eigenvalue weighted by atomic mass is 10.00. The fraction of sp³-hybridized carbons (Fsp3) is 0.500. The third-order valence-electron chi connectivity index (χ3n) is 3.22. The molecule has 1 aromatic rings. The normalized spacial score (nSPS) is 22.4. The standard InChI is InChI=1S/C14H20N2OS.ClH/c1-11-13(8-5-9-15-11)16-14(17)10-18-12-6-3-2-4-7-12;/h2-4,6-7,11,13,15H,5,8-10H2,1H3,(H,16,17);1H. The molecule has 0 bridgehead atoms. The Morgan fingerprint density at radius 1 is 1.42 bits per heavy atom. The van der Waals surface area contributed by atoms with Crippen LogP contribution < -0.4 is 10.6 Å². The van der Waals surface area contributed by atoms with Gasteiger partial charge in [0.1, 0.15) is 0 Å². The largest absolute Gasteiger partial charge is 0.351 e. The molecule has 0 spiro atoms. The van der Waals surface area contributed by atoms with Crippen LogP contribution in [0.15, 0.2) is 35.2 Å². The van der Waals surface area contributed by atoms with Crippen molar-refractivity contribution in [1.29, 1.82) is 0 Å². The van der Waals surface area contributed by atoms with Crippen molar-refractivity contribution in [3.63, 3.8) is 0 Å². The van der Waals surface area contributed by atoms with Gasteiger partial charge < -0.3 is 10.6 Å². The second-order valence-electron chi connectivity index (χ2n) is 4.66. The second-order valence-corrected chi connectivity index (χ2v) is 5.71. The van der Waals surface area contributed by atoms with E-state index in [4.69, 9.17) is 0 Å². The summed E-state index contributed by atoms with van der Waals surface area (Å²) < 4.78 is 0. The predicted octanol–water partition coefficient (Wildman–Crippen LogP) is 2.46. The molecule has 2 atom stereocenters. The van der Waals surface area contributed by atoms with E-state index in [1.165, 1.54) is 0 Å². The fourth-order valence-corrected chi connectivity index (χ4v) is 2.89. The number of piperidine rings is 1. The van der Waals surface area contributed by atoms with Crippen molar-refractivity contribution < 1.29 is 4.79 Å². The number of amides is 1. The monoisotopic (exact) mass is 300 g/mol. The van der Waals surface area contributed by atoms with E-state index in [9.17, 15) is 4.79 Å². The summed E-state index contributed by atoms with van der Waals surface area (Å²) in [6, 6.07) is 10.7. The van der Waals surface area contributed by atoms with Crippen molar-refractivity contribution in [2.75, 3.05) is 12.3 Å². The number of carbonyl (C=O) groups is 1. The number of carbonyl (C=O) groups excluding carboxylic acids is 1. The molecule has 0 saturated carbocycles. The molecule has 1 aromatic carbocycles. The number of benzene rings is 1. The molecule has 1 aliphatic heterocycles. The lowest BCUT2D eigenvalue weighted by molar-refractivity contribution is -0.119. The van der Waals surface area contributed by atoms with E-state index in [-0.39, 0.29) is 24.4 Å². The number of thioether (sulfide) groups is 1. The first-order chi connectivity index (χ1) is 8.75. The Kier molecular flexibility index (Phi) is 7.28. The van der Waals surface area contributed by atoms with Gasteiger partial charge in [-0.2, -0.15) is 0 Å². The van der Waals surface area contributed by atoms with Crippen LogP contribution in [-0.4, -0.2) is 30.3 Å². The third-order valence-corrected chi connectivity index (χ3v) is 4.23. The summed E-state index contributed by atoms with van der Waals surface area (Å²) >= 11 is 1.59. The van der Waals surface area contributed by atoms with Crippen LogP contribution in [0.3, 0.4) is 0 Å². The highest BCUT2D eigenvalue weighted by Crippen LogP contribution is 2.16. The Balaban J connectivity index is 0.00000180. The Hall–Kier alpha value is -0.710. The number of rotatable bonds is 4. The van der Waals surface area contributed by atoms with Gasteiger partial charge in [-0.25, -0.2) is 0 Å². The van der Waals surface area contributed by atoms with Crippen LogP contribution in [0.4, 0.5) is 0 Å². The highest BCUT2D eigenvalue weighted by Gasteiger charge is 2.22. The van der Waals surface area contributed by atoms with Crippen LogP contribution in [-0.2, 0) is 4.79 Å². The quantitative estimate of drug-likeness (QED) is 0.839. The summed E-state index contributed by atoms with van der Waals surface area (Å²) in [5.41, 5.74) is 0. The van der Waals surface area contributed by atoms with Gasteiger partial charge in [0.25, 0.3) is 0 Å². The minimum atomic E-state index is 0. The Labute approximate surface area is 125 Å². The molecule has 1 heterocycles. The van der Waals surface area contributed by atoms with Crippen LogP contribution in [0.2, 0.25) is 0 Å². The molecule has 106 valence electrons. The molecule has 3 nitrogen and oxygen atoms in total. The van der Waals surface area contributed by atoms with Gasteiger partial charge in [-0.15, -0.1) is 24.2 Å². The van der Waals surface area contributed by atoms with Crippen molar-refractivity contribution >= 4 is 30.1 Å². The molecule has 5 heteroatoms. The zero-order valence-corrected chi connectivity index (χ0v) is 12.7. The van der Waals surface area contributed by atoms with E-state index in [0.29, 0.717) is 11.8 Å². The summed E-state index contributed by atoms with van der Waals surface area (Å²) in [6.45, 7) is 3.20. The van der Waals surface area contributed by atoms with Crippen molar-refractivity contribution in [1.82, 2.24) is 10.6 Å². The maximum Gasteiger partial charge on any atom is 0.230 e. The van der Waals surface area contributed by atoms with E-state index >= 15 is 0 Å².